The maximum atomic E-state index is 11.3. The summed E-state index contributed by atoms with van der Waals surface area (Å²) in [6.45, 7) is -0.526. The molecule has 1 amide bonds. The van der Waals surface area contributed by atoms with E-state index in [2.05, 4.69) is 0 Å². The zero-order chi connectivity index (χ0) is 20.5. The lowest BCUT2D eigenvalue weighted by Gasteiger charge is -2.49. The van der Waals surface area contributed by atoms with Crippen LogP contribution in [0.15, 0.2) is 0 Å². The summed E-state index contributed by atoms with van der Waals surface area (Å²) in [5.74, 6) is -0.826. The van der Waals surface area contributed by atoms with Gasteiger partial charge in [0.05, 0.1) is 13.2 Å². The summed E-state index contributed by atoms with van der Waals surface area (Å²) < 4.78 is 15.4. The van der Waals surface area contributed by atoms with Crippen molar-refractivity contribution in [2.45, 2.75) is 68.0 Å². The van der Waals surface area contributed by atoms with Crippen molar-refractivity contribution in [3.63, 3.8) is 0 Å². The number of carbonyl (C=O) groups is 1. The van der Waals surface area contributed by atoms with Crippen LogP contribution in [0.5, 0.6) is 0 Å². The molecule has 2 aliphatic heterocycles. The largest absolute Gasteiger partial charge is 0.394 e. The molecule has 13 heteroatoms. The Labute approximate surface area is 153 Å². The Balaban J connectivity index is 2.24. The van der Waals surface area contributed by atoms with E-state index in [4.69, 9.17) is 14.2 Å². The third-order valence-electron chi connectivity index (χ3n) is 4.50. The van der Waals surface area contributed by atoms with E-state index in [9.17, 15) is 45.6 Å². The quantitative estimate of drug-likeness (QED) is 0.197. The molecule has 2 rings (SSSR count). The van der Waals surface area contributed by atoms with Crippen molar-refractivity contribution in [2.24, 2.45) is 0 Å². The van der Waals surface area contributed by atoms with Gasteiger partial charge in [0.25, 0.3) is 0 Å². The normalized spacial score (nSPS) is 48.3. The third kappa shape index (κ3) is 4.23. The molecule has 0 aromatic heterocycles. The Morgan fingerprint density at radius 3 is 2.11 bits per heavy atom. The lowest BCUT2D eigenvalue weighted by Crippen LogP contribution is -2.74. The SMILES string of the molecule is CC(=O)N[C@]1(O)C(O)O[C@H](CO)[C@@H](O[C@@H]2O[C@H](CO)[C@H](O)[C@H](O)[C@H]2O)[C@@H]1O. The van der Waals surface area contributed by atoms with Crippen LogP contribution in [0.2, 0.25) is 0 Å². The van der Waals surface area contributed by atoms with E-state index in [-0.39, 0.29) is 0 Å². The van der Waals surface area contributed by atoms with Crippen molar-refractivity contribution >= 4 is 5.91 Å². The van der Waals surface area contributed by atoms with Gasteiger partial charge in [0.1, 0.15) is 42.7 Å². The molecule has 0 spiro atoms. The molecule has 0 aromatic carbocycles. The maximum Gasteiger partial charge on any atom is 0.219 e. The zero-order valence-corrected chi connectivity index (χ0v) is 14.3. The van der Waals surface area contributed by atoms with Gasteiger partial charge in [-0.3, -0.25) is 4.79 Å². The third-order valence-corrected chi connectivity index (χ3v) is 4.50. The number of rotatable bonds is 5. The molecule has 2 fully saturated rings. The van der Waals surface area contributed by atoms with Gasteiger partial charge in [-0.05, 0) is 0 Å². The van der Waals surface area contributed by atoms with Gasteiger partial charge in [0.2, 0.25) is 17.9 Å². The van der Waals surface area contributed by atoms with Crippen LogP contribution in [-0.2, 0) is 19.0 Å². The van der Waals surface area contributed by atoms with Gasteiger partial charge < -0.3 is 60.4 Å². The van der Waals surface area contributed by atoms with E-state index < -0.39 is 80.2 Å². The zero-order valence-electron chi connectivity index (χ0n) is 14.3. The maximum absolute atomic E-state index is 11.3. The van der Waals surface area contributed by atoms with Crippen molar-refractivity contribution in [1.29, 1.82) is 0 Å². The van der Waals surface area contributed by atoms with Crippen LogP contribution in [0, 0.1) is 0 Å². The molecule has 0 bridgehead atoms. The first-order chi connectivity index (χ1) is 12.6. The molecule has 9 N–H and O–H groups in total. The summed E-state index contributed by atoms with van der Waals surface area (Å²) >= 11 is 0. The first kappa shape index (κ1) is 22.3. The van der Waals surface area contributed by atoms with Crippen LogP contribution in [0.3, 0.4) is 0 Å². The van der Waals surface area contributed by atoms with Gasteiger partial charge in [-0.15, -0.1) is 0 Å². The first-order valence-electron chi connectivity index (χ1n) is 8.16. The van der Waals surface area contributed by atoms with Crippen molar-refractivity contribution < 1.29 is 59.9 Å². The average Bonchev–Trinajstić information content (AvgIpc) is 2.61. The standard InChI is InChI=1S/C14H25NO12/c1-4(18)15-14(24)11(22)10(6(3-17)26-13(14)23)27-12-9(21)8(20)7(19)5(2-16)25-12/h5-13,16-17,19-24H,2-3H2,1H3,(H,15,18)/t5-,6-,7+,8+,9-,10-,11+,12+,13?,14-/m1/s1. The molecular formula is C14H25NO12. The van der Waals surface area contributed by atoms with Crippen LogP contribution in [-0.4, -0.2) is 121 Å². The highest BCUT2D eigenvalue weighted by Crippen LogP contribution is 2.32. The number of nitrogens with one attached hydrogen (secondary N) is 1. The van der Waals surface area contributed by atoms with E-state index in [1.54, 1.807) is 0 Å². The van der Waals surface area contributed by atoms with Crippen molar-refractivity contribution in [3.8, 4) is 0 Å². The smallest absolute Gasteiger partial charge is 0.219 e. The van der Waals surface area contributed by atoms with E-state index >= 15 is 0 Å². The molecule has 158 valence electrons. The fraction of sp³-hybridized carbons (Fsp3) is 0.929. The summed E-state index contributed by atoms with van der Waals surface area (Å²) in [5.41, 5.74) is -2.71. The number of amides is 1. The van der Waals surface area contributed by atoms with Gasteiger partial charge in [0.15, 0.2) is 6.29 Å². The van der Waals surface area contributed by atoms with Gasteiger partial charge in [0, 0.05) is 6.92 Å². The number of aliphatic hydroxyl groups is 8. The van der Waals surface area contributed by atoms with Gasteiger partial charge in [-0.1, -0.05) is 0 Å². The number of hydrogen-bond donors (Lipinski definition) is 9. The fourth-order valence-electron chi connectivity index (χ4n) is 3.01. The molecule has 2 saturated heterocycles. The summed E-state index contributed by atoms with van der Waals surface area (Å²) in [6.07, 6.45) is -15.5. The van der Waals surface area contributed by atoms with Crippen molar-refractivity contribution in [3.05, 3.63) is 0 Å². The monoisotopic (exact) mass is 399 g/mol. The van der Waals surface area contributed by atoms with Crippen molar-refractivity contribution in [1.82, 2.24) is 5.32 Å². The topological polar surface area (TPSA) is 219 Å². The summed E-state index contributed by atoms with van der Waals surface area (Å²) in [6, 6.07) is 0. The van der Waals surface area contributed by atoms with Crippen LogP contribution in [0.1, 0.15) is 6.92 Å². The van der Waals surface area contributed by atoms with Crippen LogP contribution >= 0.6 is 0 Å². The molecule has 2 heterocycles. The number of aliphatic hydroxyl groups excluding tert-OH is 7. The molecule has 0 radical (unpaired) electrons. The Kier molecular flexibility index (Phi) is 7.10. The van der Waals surface area contributed by atoms with Gasteiger partial charge in [-0.25, -0.2) is 0 Å². The van der Waals surface area contributed by atoms with Crippen LogP contribution < -0.4 is 5.32 Å². The molecular weight excluding hydrogens is 374 g/mol. The second-order valence-corrected chi connectivity index (χ2v) is 6.46. The second kappa shape index (κ2) is 8.59. The fourth-order valence-corrected chi connectivity index (χ4v) is 3.01. The van der Waals surface area contributed by atoms with Gasteiger partial charge in [-0.2, -0.15) is 0 Å². The summed E-state index contributed by atoms with van der Waals surface area (Å²) in [5, 5.41) is 80.8. The minimum atomic E-state index is -2.71. The van der Waals surface area contributed by atoms with Crippen LogP contribution in [0.25, 0.3) is 0 Å². The summed E-state index contributed by atoms with van der Waals surface area (Å²) in [7, 11) is 0. The molecule has 1 unspecified atom stereocenters. The first-order valence-corrected chi connectivity index (χ1v) is 8.16. The number of ether oxygens (including phenoxy) is 3. The van der Waals surface area contributed by atoms with E-state index in [1.807, 2.05) is 5.32 Å². The predicted octanol–water partition coefficient (Wildman–Crippen LogP) is -5.93. The Morgan fingerprint density at radius 1 is 1.00 bits per heavy atom. The van der Waals surface area contributed by atoms with Crippen molar-refractivity contribution in [2.75, 3.05) is 13.2 Å². The number of carbonyl (C=O) groups excluding carboxylic acids is 1. The highest BCUT2D eigenvalue weighted by atomic mass is 16.7. The minimum absolute atomic E-state index is 0.730. The summed E-state index contributed by atoms with van der Waals surface area (Å²) in [4.78, 5) is 11.3. The number of hydrogen-bond acceptors (Lipinski definition) is 12. The molecule has 2 aliphatic rings. The lowest BCUT2D eigenvalue weighted by atomic mass is 9.92. The molecule has 13 nitrogen and oxygen atoms in total. The Hall–Kier alpha value is -0.970. The molecule has 0 aromatic rings. The molecule has 27 heavy (non-hydrogen) atoms. The highest BCUT2D eigenvalue weighted by Gasteiger charge is 2.57. The van der Waals surface area contributed by atoms with E-state index in [0.717, 1.165) is 6.92 Å². The van der Waals surface area contributed by atoms with E-state index in [0.29, 0.717) is 0 Å². The van der Waals surface area contributed by atoms with Gasteiger partial charge >= 0.3 is 0 Å². The predicted molar refractivity (Wildman–Crippen MR) is 81.4 cm³/mol. The molecule has 0 saturated carbocycles. The Bertz CT molecular complexity index is 520. The average molecular weight is 399 g/mol. The lowest BCUT2D eigenvalue weighted by molar-refractivity contribution is -0.377. The van der Waals surface area contributed by atoms with E-state index in [1.165, 1.54) is 0 Å². The Morgan fingerprint density at radius 2 is 1.59 bits per heavy atom. The highest BCUT2D eigenvalue weighted by molar-refractivity contribution is 5.73. The minimum Gasteiger partial charge on any atom is -0.394 e. The van der Waals surface area contributed by atoms with Crippen LogP contribution in [0.4, 0.5) is 0 Å². The molecule has 10 atom stereocenters. The molecule has 0 aliphatic carbocycles. The second-order valence-electron chi connectivity index (χ2n) is 6.46.